The van der Waals surface area contributed by atoms with Gasteiger partial charge in [-0.15, -0.1) is 0 Å². The molecule has 0 aliphatic heterocycles. The monoisotopic (exact) mass is 265 g/mol. The van der Waals surface area contributed by atoms with E-state index in [2.05, 4.69) is 11.8 Å². The topological polar surface area (TPSA) is 38.5 Å². The molecule has 18 heavy (non-hydrogen) atoms. The van der Waals surface area contributed by atoms with Gasteiger partial charge in [-0.2, -0.15) is 0 Å². The molecule has 0 heterocycles. The summed E-state index contributed by atoms with van der Waals surface area (Å²) >= 11 is 0. The van der Waals surface area contributed by atoms with Crippen molar-refractivity contribution in [2.45, 2.75) is 49.8 Å². The number of hydrogen-bond acceptors (Lipinski definition) is 2. The lowest BCUT2D eigenvalue weighted by molar-refractivity contribution is 0.575. The highest BCUT2D eigenvalue weighted by atomic mass is 32.2. The van der Waals surface area contributed by atoms with Crippen LogP contribution in [0.5, 0.6) is 0 Å². The molecule has 1 aromatic rings. The van der Waals surface area contributed by atoms with Crippen LogP contribution >= 0.6 is 0 Å². The summed E-state index contributed by atoms with van der Waals surface area (Å²) in [6, 6.07) is 6.70. The van der Waals surface area contributed by atoms with E-state index in [1.165, 1.54) is 0 Å². The predicted octanol–water partition coefficient (Wildman–Crippen LogP) is 3.59. The van der Waals surface area contributed by atoms with Crippen LogP contribution in [0.2, 0.25) is 0 Å². The van der Waals surface area contributed by atoms with Crippen molar-refractivity contribution in [1.29, 1.82) is 0 Å². The number of benzene rings is 1. The molecule has 0 spiro atoms. The Kier molecular flexibility index (Phi) is 5.36. The maximum atomic E-state index is 12.3. The largest absolute Gasteiger partial charge is 0.325 e. The fourth-order valence-electron chi connectivity index (χ4n) is 1.74. The summed E-state index contributed by atoms with van der Waals surface area (Å²) in [6.45, 7) is 11.1. The Balaban J connectivity index is 2.90. The van der Waals surface area contributed by atoms with Gasteiger partial charge in [-0.25, -0.2) is 15.0 Å². The molecule has 98 valence electrons. The summed E-state index contributed by atoms with van der Waals surface area (Å²) in [5.41, 5.74) is 1.01. The van der Waals surface area contributed by atoms with E-state index in [-0.39, 0.29) is 4.90 Å². The van der Waals surface area contributed by atoms with Crippen LogP contribution in [0.15, 0.2) is 29.2 Å². The average Bonchev–Trinajstić information content (AvgIpc) is 2.35. The lowest BCUT2D eigenvalue weighted by atomic mass is 10.2. The molecule has 0 aliphatic carbocycles. The van der Waals surface area contributed by atoms with Crippen LogP contribution in [0.3, 0.4) is 0 Å². The van der Waals surface area contributed by atoms with Crippen molar-refractivity contribution >= 4 is 9.84 Å². The zero-order chi connectivity index (χ0) is 13.6. The first-order chi connectivity index (χ1) is 8.52. The van der Waals surface area contributed by atoms with Crippen molar-refractivity contribution in [1.82, 2.24) is 0 Å². The summed E-state index contributed by atoms with van der Waals surface area (Å²) in [5.74, 6) is 0. The summed E-state index contributed by atoms with van der Waals surface area (Å²) in [5, 5.41) is -0.938. The molecule has 0 saturated carbocycles. The zero-order valence-electron chi connectivity index (χ0n) is 10.9. The van der Waals surface area contributed by atoms with Crippen LogP contribution in [-0.4, -0.2) is 13.8 Å². The van der Waals surface area contributed by atoms with Gasteiger partial charge in [0, 0.05) is 6.42 Å². The minimum absolute atomic E-state index is 0.255. The molecule has 0 N–H and O–H groups in total. The second kappa shape index (κ2) is 6.55. The number of sulfone groups is 1. The van der Waals surface area contributed by atoms with E-state index >= 15 is 0 Å². The van der Waals surface area contributed by atoms with Crippen molar-refractivity contribution in [3.05, 3.63) is 41.2 Å². The number of aryl methyl sites for hydroxylation is 1. The molecular formula is C14H19NO2S. The van der Waals surface area contributed by atoms with Gasteiger partial charge in [0.25, 0.3) is 9.84 Å². The molecule has 0 aromatic heterocycles. The van der Waals surface area contributed by atoms with Gasteiger partial charge in [0.2, 0.25) is 0 Å². The van der Waals surface area contributed by atoms with Crippen molar-refractivity contribution in [2.24, 2.45) is 0 Å². The maximum Gasteiger partial charge on any atom is 0.325 e. The minimum Gasteiger partial charge on any atom is -0.296 e. The van der Waals surface area contributed by atoms with Gasteiger partial charge in [-0.3, -0.25) is 4.85 Å². The Morgan fingerprint density at radius 3 is 2.33 bits per heavy atom. The third-order valence-electron chi connectivity index (χ3n) is 2.91. The Morgan fingerprint density at radius 2 is 1.83 bits per heavy atom. The number of nitrogens with zero attached hydrogens (tertiary/aromatic N) is 1. The molecule has 1 aromatic carbocycles. The fraction of sp³-hybridized carbons (Fsp3) is 0.500. The summed E-state index contributed by atoms with van der Waals surface area (Å²) in [6.07, 6.45) is 3.20. The van der Waals surface area contributed by atoms with Gasteiger partial charge in [-0.05, 0) is 25.5 Å². The van der Waals surface area contributed by atoms with Gasteiger partial charge < -0.3 is 0 Å². The van der Waals surface area contributed by atoms with E-state index in [0.717, 1.165) is 24.8 Å². The first kappa shape index (κ1) is 14.7. The van der Waals surface area contributed by atoms with Crippen LogP contribution in [0, 0.1) is 13.5 Å². The Morgan fingerprint density at radius 1 is 1.22 bits per heavy atom. The minimum atomic E-state index is -3.50. The van der Waals surface area contributed by atoms with E-state index in [1.807, 2.05) is 6.92 Å². The smallest absolute Gasteiger partial charge is 0.296 e. The average molecular weight is 265 g/mol. The van der Waals surface area contributed by atoms with E-state index in [4.69, 9.17) is 6.57 Å². The van der Waals surface area contributed by atoms with Crippen molar-refractivity contribution in [2.75, 3.05) is 0 Å². The lowest BCUT2D eigenvalue weighted by Gasteiger charge is -2.07. The Hall–Kier alpha value is -1.34. The Labute approximate surface area is 110 Å². The molecule has 1 rings (SSSR count). The van der Waals surface area contributed by atoms with Crippen LogP contribution in [0.25, 0.3) is 4.85 Å². The van der Waals surface area contributed by atoms with Gasteiger partial charge in [0.15, 0.2) is 0 Å². The number of unbranched alkanes of at least 4 members (excludes halogenated alkanes) is 2. The molecule has 4 heteroatoms. The molecule has 0 bridgehead atoms. The van der Waals surface area contributed by atoms with Crippen molar-refractivity contribution in [3.63, 3.8) is 0 Å². The van der Waals surface area contributed by atoms with Crippen molar-refractivity contribution < 1.29 is 8.42 Å². The molecular weight excluding hydrogens is 246 g/mol. The quantitative estimate of drug-likeness (QED) is 0.582. The summed E-state index contributed by atoms with van der Waals surface area (Å²) in [4.78, 5) is 3.55. The maximum absolute atomic E-state index is 12.3. The molecule has 0 fully saturated rings. The third kappa shape index (κ3) is 3.58. The second-order valence-corrected chi connectivity index (χ2v) is 6.54. The predicted molar refractivity (Wildman–Crippen MR) is 72.9 cm³/mol. The summed E-state index contributed by atoms with van der Waals surface area (Å²) in [7, 11) is -3.50. The lowest BCUT2D eigenvalue weighted by Crippen LogP contribution is -2.17. The van der Waals surface area contributed by atoms with E-state index in [1.54, 1.807) is 24.3 Å². The highest BCUT2D eigenvalue weighted by molar-refractivity contribution is 7.92. The van der Waals surface area contributed by atoms with Gasteiger partial charge in [-0.1, -0.05) is 37.5 Å². The molecule has 0 aliphatic rings. The molecule has 1 unspecified atom stereocenters. The van der Waals surface area contributed by atoms with Crippen LogP contribution in [-0.2, 0) is 9.84 Å². The zero-order valence-corrected chi connectivity index (χ0v) is 11.7. The molecule has 0 radical (unpaired) electrons. The highest BCUT2D eigenvalue weighted by Crippen LogP contribution is 2.21. The van der Waals surface area contributed by atoms with Crippen molar-refractivity contribution in [3.8, 4) is 0 Å². The first-order valence-corrected chi connectivity index (χ1v) is 7.74. The Bertz CT molecular complexity index is 512. The number of rotatable bonds is 6. The number of hydrogen-bond donors (Lipinski definition) is 0. The first-order valence-electron chi connectivity index (χ1n) is 6.19. The highest BCUT2D eigenvalue weighted by Gasteiger charge is 2.31. The van der Waals surface area contributed by atoms with E-state index in [0.29, 0.717) is 6.42 Å². The van der Waals surface area contributed by atoms with Crippen LogP contribution in [0.1, 0.15) is 38.2 Å². The fourth-order valence-corrected chi connectivity index (χ4v) is 3.19. The second-order valence-electron chi connectivity index (χ2n) is 4.44. The van der Waals surface area contributed by atoms with Gasteiger partial charge in [0.1, 0.15) is 0 Å². The van der Waals surface area contributed by atoms with Crippen LogP contribution < -0.4 is 0 Å². The van der Waals surface area contributed by atoms with Gasteiger partial charge in [0.05, 0.1) is 4.90 Å². The third-order valence-corrected chi connectivity index (χ3v) is 4.89. The molecule has 3 nitrogen and oxygen atoms in total. The summed E-state index contributed by atoms with van der Waals surface area (Å²) < 4.78 is 24.5. The van der Waals surface area contributed by atoms with Gasteiger partial charge >= 0.3 is 5.37 Å². The standard InChI is InChI=1S/C14H19NO2S/c1-4-5-6-7-14(15-3)18(16,17)13-10-8-12(2)9-11-13/h8-11,14H,4-7H2,1-2H3. The molecule has 0 saturated heterocycles. The molecule has 0 amide bonds. The molecule has 1 atom stereocenters. The van der Waals surface area contributed by atoms with Crippen LogP contribution in [0.4, 0.5) is 0 Å². The van der Waals surface area contributed by atoms with E-state index in [9.17, 15) is 8.42 Å². The normalized spacial score (nSPS) is 12.9. The van der Waals surface area contributed by atoms with E-state index < -0.39 is 15.2 Å². The SMILES string of the molecule is [C-]#[N+]C(CCCCC)S(=O)(=O)c1ccc(C)cc1.